The normalized spacial score (nSPS) is 12.1. The summed E-state index contributed by atoms with van der Waals surface area (Å²) in [6, 6.07) is -0.888. The number of hydrogen-bond donors (Lipinski definition) is 2. The number of aromatic nitrogens is 3. The van der Waals surface area contributed by atoms with Crippen LogP contribution in [0.4, 0.5) is 0 Å². The number of carboxylic acid groups (broad SMARTS) is 1. The second kappa shape index (κ2) is 6.04. The van der Waals surface area contributed by atoms with Gasteiger partial charge in [0.1, 0.15) is 15.9 Å². The smallest absolute Gasteiger partial charge is 0.326 e. The van der Waals surface area contributed by atoms with Crippen LogP contribution >= 0.6 is 11.3 Å². The van der Waals surface area contributed by atoms with E-state index in [4.69, 9.17) is 5.11 Å². The van der Waals surface area contributed by atoms with E-state index in [9.17, 15) is 9.59 Å². The summed E-state index contributed by atoms with van der Waals surface area (Å²) in [7, 11) is 1.80. The fraction of sp³-hybridized carbons (Fsp3) is 0.385. The lowest BCUT2D eigenvalue weighted by Crippen LogP contribution is -2.40. The SMILES string of the molecule is CCC(NC(=O)c1sc(-c2cnn(C)c2)nc1C)C(=O)O. The highest BCUT2D eigenvalue weighted by Crippen LogP contribution is 2.27. The highest BCUT2D eigenvalue weighted by atomic mass is 32.1. The minimum absolute atomic E-state index is 0.328. The monoisotopic (exact) mass is 308 g/mol. The first kappa shape index (κ1) is 15.2. The first-order valence-electron chi connectivity index (χ1n) is 6.42. The van der Waals surface area contributed by atoms with Crippen molar-refractivity contribution in [1.82, 2.24) is 20.1 Å². The topological polar surface area (TPSA) is 97.1 Å². The molecular formula is C13H16N4O3S. The highest BCUT2D eigenvalue weighted by molar-refractivity contribution is 7.17. The third-order valence-electron chi connectivity index (χ3n) is 2.97. The summed E-state index contributed by atoms with van der Waals surface area (Å²) >= 11 is 1.23. The Balaban J connectivity index is 2.22. The van der Waals surface area contributed by atoms with Crippen molar-refractivity contribution in [2.24, 2.45) is 7.05 Å². The molecule has 8 heteroatoms. The van der Waals surface area contributed by atoms with Crippen LogP contribution in [0.25, 0.3) is 10.6 Å². The zero-order valence-corrected chi connectivity index (χ0v) is 12.8. The van der Waals surface area contributed by atoms with Crippen LogP contribution in [-0.4, -0.2) is 37.8 Å². The summed E-state index contributed by atoms with van der Waals surface area (Å²) in [4.78, 5) is 27.9. The number of carbonyl (C=O) groups excluding carboxylic acids is 1. The second-order valence-electron chi connectivity index (χ2n) is 4.61. The van der Waals surface area contributed by atoms with Crippen LogP contribution in [0, 0.1) is 6.92 Å². The molecule has 2 N–H and O–H groups in total. The number of carboxylic acids is 1. The van der Waals surface area contributed by atoms with Crippen molar-refractivity contribution < 1.29 is 14.7 Å². The van der Waals surface area contributed by atoms with Gasteiger partial charge in [-0.3, -0.25) is 9.48 Å². The molecule has 0 saturated heterocycles. The minimum atomic E-state index is -1.04. The Kier molecular flexibility index (Phi) is 4.37. The number of hydrogen-bond acceptors (Lipinski definition) is 5. The van der Waals surface area contributed by atoms with Crippen LogP contribution in [0.1, 0.15) is 28.7 Å². The lowest BCUT2D eigenvalue weighted by atomic mass is 10.2. The van der Waals surface area contributed by atoms with Crippen molar-refractivity contribution in [2.75, 3.05) is 0 Å². The van der Waals surface area contributed by atoms with Gasteiger partial charge in [-0.25, -0.2) is 9.78 Å². The molecule has 1 unspecified atom stereocenters. The molecule has 21 heavy (non-hydrogen) atoms. The van der Waals surface area contributed by atoms with Gasteiger partial charge in [0.15, 0.2) is 0 Å². The van der Waals surface area contributed by atoms with E-state index in [1.807, 2.05) is 6.20 Å². The first-order valence-corrected chi connectivity index (χ1v) is 7.24. The number of amides is 1. The molecule has 0 aromatic carbocycles. The quantitative estimate of drug-likeness (QED) is 0.871. The van der Waals surface area contributed by atoms with E-state index >= 15 is 0 Å². The number of nitrogens with zero attached hydrogens (tertiary/aromatic N) is 3. The zero-order chi connectivity index (χ0) is 15.6. The molecule has 2 heterocycles. The molecule has 0 fully saturated rings. The Hall–Kier alpha value is -2.22. The lowest BCUT2D eigenvalue weighted by molar-refractivity contribution is -0.139. The van der Waals surface area contributed by atoms with Crippen LogP contribution in [0.5, 0.6) is 0 Å². The minimum Gasteiger partial charge on any atom is -0.480 e. The number of aliphatic carboxylic acids is 1. The Morgan fingerprint density at radius 1 is 1.52 bits per heavy atom. The van der Waals surface area contributed by atoms with Gasteiger partial charge in [-0.2, -0.15) is 5.10 Å². The second-order valence-corrected chi connectivity index (χ2v) is 5.61. The van der Waals surface area contributed by atoms with Crippen molar-refractivity contribution in [3.63, 3.8) is 0 Å². The lowest BCUT2D eigenvalue weighted by Gasteiger charge is -2.11. The molecular weight excluding hydrogens is 292 g/mol. The van der Waals surface area contributed by atoms with Crippen molar-refractivity contribution in [3.8, 4) is 10.6 Å². The Morgan fingerprint density at radius 3 is 2.76 bits per heavy atom. The highest BCUT2D eigenvalue weighted by Gasteiger charge is 2.22. The standard InChI is InChI=1S/C13H16N4O3S/c1-4-9(13(19)20)16-11(18)10-7(2)15-12(21-10)8-5-14-17(3)6-8/h5-6,9H,4H2,1-3H3,(H,16,18)(H,19,20). The van der Waals surface area contributed by atoms with Crippen LogP contribution < -0.4 is 5.32 Å². The predicted molar refractivity (Wildman–Crippen MR) is 78.2 cm³/mol. The van der Waals surface area contributed by atoms with Gasteiger partial charge in [0.05, 0.1) is 11.9 Å². The summed E-state index contributed by atoms with van der Waals surface area (Å²) in [5.41, 5.74) is 1.41. The molecule has 0 aliphatic heterocycles. The van der Waals surface area contributed by atoms with E-state index in [0.717, 1.165) is 5.56 Å². The van der Waals surface area contributed by atoms with Gasteiger partial charge < -0.3 is 10.4 Å². The fourth-order valence-electron chi connectivity index (χ4n) is 1.82. The molecule has 2 rings (SSSR count). The van der Waals surface area contributed by atoms with Crippen molar-refractivity contribution in [2.45, 2.75) is 26.3 Å². The van der Waals surface area contributed by atoms with E-state index < -0.39 is 17.9 Å². The number of nitrogens with one attached hydrogen (secondary N) is 1. The number of carbonyl (C=O) groups is 2. The maximum atomic E-state index is 12.2. The summed E-state index contributed by atoms with van der Waals surface area (Å²) in [5.74, 6) is -1.45. The zero-order valence-electron chi connectivity index (χ0n) is 12.0. The average molecular weight is 308 g/mol. The van der Waals surface area contributed by atoms with E-state index in [2.05, 4.69) is 15.4 Å². The summed E-state index contributed by atoms with van der Waals surface area (Å²) in [5, 5.41) is 16.2. The molecule has 7 nitrogen and oxygen atoms in total. The Labute approximate surface area is 125 Å². The summed E-state index contributed by atoms with van der Waals surface area (Å²) in [6.07, 6.45) is 3.81. The van der Waals surface area contributed by atoms with Gasteiger partial charge in [-0.05, 0) is 13.3 Å². The van der Waals surface area contributed by atoms with Crippen LogP contribution in [-0.2, 0) is 11.8 Å². The van der Waals surface area contributed by atoms with Gasteiger partial charge >= 0.3 is 5.97 Å². The molecule has 1 atom stereocenters. The van der Waals surface area contributed by atoms with Crippen molar-refractivity contribution in [1.29, 1.82) is 0 Å². The first-order chi connectivity index (χ1) is 9.92. The third kappa shape index (κ3) is 3.27. The Bertz CT molecular complexity index is 677. The number of aryl methyl sites for hydroxylation is 2. The van der Waals surface area contributed by atoms with Gasteiger partial charge in [0, 0.05) is 18.8 Å². The molecule has 0 bridgehead atoms. The van der Waals surface area contributed by atoms with Gasteiger partial charge in [0.2, 0.25) is 0 Å². The average Bonchev–Trinajstić information content (AvgIpc) is 3.01. The maximum absolute atomic E-state index is 12.2. The summed E-state index contributed by atoms with van der Waals surface area (Å²) in [6.45, 7) is 3.44. The molecule has 0 spiro atoms. The fourth-order valence-corrected chi connectivity index (χ4v) is 2.77. The van der Waals surface area contributed by atoms with Gasteiger partial charge in [-0.15, -0.1) is 11.3 Å². The van der Waals surface area contributed by atoms with Crippen LogP contribution in [0.2, 0.25) is 0 Å². The molecule has 112 valence electrons. The van der Waals surface area contributed by atoms with E-state index in [1.54, 1.807) is 31.8 Å². The van der Waals surface area contributed by atoms with E-state index in [0.29, 0.717) is 22.0 Å². The number of rotatable bonds is 5. The van der Waals surface area contributed by atoms with Crippen molar-refractivity contribution >= 4 is 23.2 Å². The molecule has 0 aliphatic rings. The largest absolute Gasteiger partial charge is 0.480 e. The van der Waals surface area contributed by atoms with Gasteiger partial charge in [0.25, 0.3) is 5.91 Å². The van der Waals surface area contributed by atoms with Crippen molar-refractivity contribution in [3.05, 3.63) is 23.0 Å². The molecule has 0 aliphatic carbocycles. The molecule has 1 amide bonds. The third-order valence-corrected chi connectivity index (χ3v) is 4.17. The van der Waals surface area contributed by atoms with Gasteiger partial charge in [-0.1, -0.05) is 6.92 Å². The Morgan fingerprint density at radius 2 is 2.24 bits per heavy atom. The molecule has 2 aromatic rings. The van der Waals surface area contributed by atoms with Crippen LogP contribution in [0.15, 0.2) is 12.4 Å². The maximum Gasteiger partial charge on any atom is 0.326 e. The van der Waals surface area contributed by atoms with E-state index in [-0.39, 0.29) is 0 Å². The molecule has 0 radical (unpaired) electrons. The molecule has 2 aromatic heterocycles. The van der Waals surface area contributed by atoms with Crippen LogP contribution in [0.3, 0.4) is 0 Å². The number of thiazole rings is 1. The predicted octanol–water partition coefficient (Wildman–Crippen LogP) is 1.45. The molecule has 0 saturated carbocycles. The van der Waals surface area contributed by atoms with E-state index in [1.165, 1.54) is 11.3 Å². The summed E-state index contributed by atoms with van der Waals surface area (Å²) < 4.78 is 1.66.